The number of carbonyl (C=O) groups excluding carboxylic acids is 1. The molecule has 0 radical (unpaired) electrons. The molecule has 10 nitrogen and oxygen atoms in total. The molecule has 5 aromatic rings. The van der Waals surface area contributed by atoms with E-state index in [1.165, 1.54) is 0 Å². The number of amides is 1. The highest BCUT2D eigenvalue weighted by Crippen LogP contribution is 2.29. The summed E-state index contributed by atoms with van der Waals surface area (Å²) in [6.45, 7) is 7.52. The van der Waals surface area contributed by atoms with E-state index in [2.05, 4.69) is 30.6 Å². The molecule has 0 saturated heterocycles. The van der Waals surface area contributed by atoms with Crippen LogP contribution < -0.4 is 5.32 Å². The molecule has 184 valence electrons. The Labute approximate surface area is 206 Å². The van der Waals surface area contributed by atoms with Crippen LogP contribution in [0.25, 0.3) is 28.2 Å². The average molecular weight is 489 g/mol. The molecule has 1 N–H and O–H groups in total. The van der Waals surface area contributed by atoms with Crippen molar-refractivity contribution in [1.29, 1.82) is 0 Å². The minimum absolute atomic E-state index is 0.0584. The molecule has 11 heteroatoms. The van der Waals surface area contributed by atoms with Crippen molar-refractivity contribution in [2.24, 2.45) is 7.05 Å². The summed E-state index contributed by atoms with van der Waals surface area (Å²) in [5, 5.41) is 15.3. The first kappa shape index (κ1) is 23.3. The Morgan fingerprint density at radius 3 is 2.72 bits per heavy atom. The minimum atomic E-state index is -0.492. The maximum atomic E-state index is 15.6. The number of aryl methyl sites for hydroxylation is 1. The van der Waals surface area contributed by atoms with Crippen molar-refractivity contribution in [1.82, 2.24) is 39.8 Å². The predicted molar refractivity (Wildman–Crippen MR) is 129 cm³/mol. The number of nitrogens with zero attached hydrogens (tertiary/aromatic N) is 7. The standard InChI is InChI=1S/C25H25FN8O2/c1-14-15(11-28-23(35)22-30-24(36-32-22)25(2,3)4)6-7-17(21(14)26)19-8-9-27-20-10-18(31-34(19)20)16-12-29-33(5)13-16/h6-10,12-13H,11H2,1-5H3,(H,28,35). The van der Waals surface area contributed by atoms with E-state index in [0.717, 1.165) is 5.56 Å². The minimum Gasteiger partial charge on any atom is -0.345 e. The highest BCUT2D eigenvalue weighted by atomic mass is 19.1. The first-order valence-electron chi connectivity index (χ1n) is 11.4. The number of rotatable bonds is 5. The lowest BCUT2D eigenvalue weighted by molar-refractivity contribution is 0.0937. The number of hydrogen-bond donors (Lipinski definition) is 1. The lowest BCUT2D eigenvalue weighted by Gasteiger charge is -2.12. The first-order chi connectivity index (χ1) is 17.1. The van der Waals surface area contributed by atoms with Gasteiger partial charge in [-0.05, 0) is 30.2 Å². The smallest absolute Gasteiger partial charge is 0.292 e. The molecule has 0 saturated carbocycles. The molecule has 4 aromatic heterocycles. The second-order valence-corrected chi connectivity index (χ2v) is 9.60. The van der Waals surface area contributed by atoms with Gasteiger partial charge in [0, 0.05) is 48.6 Å². The van der Waals surface area contributed by atoms with Gasteiger partial charge in [-0.15, -0.1) is 0 Å². The summed E-state index contributed by atoms with van der Waals surface area (Å²) in [4.78, 5) is 21.0. The van der Waals surface area contributed by atoms with Gasteiger partial charge in [-0.25, -0.2) is 13.9 Å². The zero-order valence-corrected chi connectivity index (χ0v) is 20.6. The molecule has 0 unspecified atom stereocenters. The maximum Gasteiger partial charge on any atom is 0.292 e. The van der Waals surface area contributed by atoms with E-state index in [9.17, 15) is 4.79 Å². The number of nitrogens with one attached hydrogen (secondary N) is 1. The van der Waals surface area contributed by atoms with Crippen molar-refractivity contribution >= 4 is 11.6 Å². The second kappa shape index (κ2) is 8.67. The summed E-state index contributed by atoms with van der Waals surface area (Å²) in [6.07, 6.45) is 5.20. The van der Waals surface area contributed by atoms with Crippen LogP contribution in [0.1, 0.15) is 48.4 Å². The molecule has 5 rings (SSSR count). The summed E-state index contributed by atoms with van der Waals surface area (Å²) in [7, 11) is 1.83. The van der Waals surface area contributed by atoms with Gasteiger partial charge in [0.25, 0.3) is 11.7 Å². The van der Waals surface area contributed by atoms with E-state index < -0.39 is 11.7 Å². The molecule has 0 aliphatic carbocycles. The molecule has 0 atom stereocenters. The van der Waals surface area contributed by atoms with E-state index in [0.29, 0.717) is 39.6 Å². The molecule has 1 aromatic carbocycles. The largest absolute Gasteiger partial charge is 0.345 e. The molecule has 0 fully saturated rings. The third-order valence-electron chi connectivity index (χ3n) is 5.84. The van der Waals surface area contributed by atoms with Crippen LogP contribution >= 0.6 is 0 Å². The van der Waals surface area contributed by atoms with Gasteiger partial charge in [0.15, 0.2) is 5.65 Å². The van der Waals surface area contributed by atoms with Gasteiger partial charge in [0.1, 0.15) is 5.82 Å². The van der Waals surface area contributed by atoms with Crippen molar-refractivity contribution in [3.8, 4) is 22.5 Å². The van der Waals surface area contributed by atoms with Crippen LogP contribution in [0.3, 0.4) is 0 Å². The monoisotopic (exact) mass is 488 g/mol. The molecule has 0 aliphatic rings. The Balaban J connectivity index is 1.40. The molecule has 1 amide bonds. The van der Waals surface area contributed by atoms with E-state index in [1.807, 2.05) is 40.1 Å². The van der Waals surface area contributed by atoms with Crippen LogP contribution in [0.15, 0.2) is 47.4 Å². The molecular formula is C25H25FN8O2. The van der Waals surface area contributed by atoms with Gasteiger partial charge in [-0.2, -0.15) is 15.2 Å². The second-order valence-electron chi connectivity index (χ2n) is 9.60. The zero-order valence-electron chi connectivity index (χ0n) is 20.6. The normalized spacial score (nSPS) is 11.8. The summed E-state index contributed by atoms with van der Waals surface area (Å²) in [5.74, 6) is -0.583. The van der Waals surface area contributed by atoms with Crippen molar-refractivity contribution in [2.45, 2.75) is 39.7 Å². The topological polar surface area (TPSA) is 116 Å². The average Bonchev–Trinajstić information content (AvgIpc) is 3.58. The highest BCUT2D eigenvalue weighted by molar-refractivity contribution is 5.90. The third-order valence-corrected chi connectivity index (χ3v) is 5.84. The van der Waals surface area contributed by atoms with Crippen molar-refractivity contribution < 1.29 is 13.7 Å². The zero-order chi connectivity index (χ0) is 25.6. The van der Waals surface area contributed by atoms with Crippen LogP contribution in [-0.4, -0.2) is 40.4 Å². The number of halogens is 1. The van der Waals surface area contributed by atoms with Crippen LogP contribution in [0.4, 0.5) is 4.39 Å². The molecule has 0 spiro atoms. The summed E-state index contributed by atoms with van der Waals surface area (Å²) in [5.41, 5.74) is 3.74. The fraction of sp³-hybridized carbons (Fsp3) is 0.280. The van der Waals surface area contributed by atoms with Gasteiger partial charge in [0.05, 0.1) is 17.6 Å². The van der Waals surface area contributed by atoms with Gasteiger partial charge < -0.3 is 9.84 Å². The number of fused-ring (bicyclic) bond motifs is 1. The van der Waals surface area contributed by atoms with E-state index in [1.54, 1.807) is 46.7 Å². The maximum absolute atomic E-state index is 15.6. The summed E-state index contributed by atoms with van der Waals surface area (Å²) in [6, 6.07) is 7.01. The Morgan fingerprint density at radius 1 is 1.22 bits per heavy atom. The Hall–Kier alpha value is -4.41. The predicted octanol–water partition coefficient (Wildman–Crippen LogP) is 3.85. The van der Waals surface area contributed by atoms with Gasteiger partial charge in [-0.1, -0.05) is 32.0 Å². The van der Waals surface area contributed by atoms with Crippen LogP contribution in [0.5, 0.6) is 0 Å². The Morgan fingerprint density at radius 2 is 2.03 bits per heavy atom. The fourth-order valence-electron chi connectivity index (χ4n) is 3.78. The van der Waals surface area contributed by atoms with Crippen LogP contribution in [0, 0.1) is 12.7 Å². The number of hydrogen-bond acceptors (Lipinski definition) is 7. The fourth-order valence-corrected chi connectivity index (χ4v) is 3.78. The van der Waals surface area contributed by atoms with E-state index in [4.69, 9.17) is 4.52 Å². The van der Waals surface area contributed by atoms with Crippen LogP contribution in [-0.2, 0) is 19.0 Å². The first-order valence-corrected chi connectivity index (χ1v) is 11.4. The molecule has 36 heavy (non-hydrogen) atoms. The lowest BCUT2D eigenvalue weighted by atomic mass is 9.97. The van der Waals surface area contributed by atoms with Crippen molar-refractivity contribution in [2.75, 3.05) is 0 Å². The third kappa shape index (κ3) is 4.23. The molecule has 0 bridgehead atoms. The highest BCUT2D eigenvalue weighted by Gasteiger charge is 2.24. The molecular weight excluding hydrogens is 463 g/mol. The van der Waals surface area contributed by atoms with Gasteiger partial charge in [0.2, 0.25) is 5.89 Å². The SMILES string of the molecule is Cc1c(CNC(=O)c2noc(C(C)(C)C)n2)ccc(-c2ccnc3cc(-c4cnn(C)c4)nn23)c1F. The summed E-state index contributed by atoms with van der Waals surface area (Å²) >= 11 is 0. The quantitative estimate of drug-likeness (QED) is 0.399. The number of benzene rings is 1. The van der Waals surface area contributed by atoms with Crippen LogP contribution in [0.2, 0.25) is 0 Å². The number of carbonyl (C=O) groups is 1. The van der Waals surface area contributed by atoms with E-state index >= 15 is 4.39 Å². The Bertz CT molecular complexity index is 1590. The molecule has 0 aliphatic heterocycles. The van der Waals surface area contributed by atoms with Gasteiger partial charge >= 0.3 is 0 Å². The molecule has 4 heterocycles. The summed E-state index contributed by atoms with van der Waals surface area (Å²) < 4.78 is 24.0. The number of aromatic nitrogens is 7. The van der Waals surface area contributed by atoms with Crippen molar-refractivity contribution in [3.63, 3.8) is 0 Å². The van der Waals surface area contributed by atoms with Crippen molar-refractivity contribution in [3.05, 3.63) is 71.5 Å². The van der Waals surface area contributed by atoms with E-state index in [-0.39, 0.29) is 17.8 Å². The van der Waals surface area contributed by atoms with Gasteiger partial charge in [-0.3, -0.25) is 9.48 Å². The lowest BCUT2D eigenvalue weighted by Crippen LogP contribution is -2.25. The Kier molecular flexibility index (Phi) is 5.62.